The molecule has 0 rings (SSSR count). The van der Waals surface area contributed by atoms with Gasteiger partial charge in [0.1, 0.15) is 0 Å². The lowest BCUT2D eigenvalue weighted by molar-refractivity contribution is 0.0712. The molecule has 0 saturated carbocycles. The molecule has 0 aromatic rings. The average Bonchev–Trinajstić information content (AvgIpc) is 3.09. The summed E-state index contributed by atoms with van der Waals surface area (Å²) in [5.41, 5.74) is 0. The lowest BCUT2D eigenvalue weighted by Crippen LogP contribution is -2.25. The highest BCUT2D eigenvalue weighted by molar-refractivity contribution is 7.49. The molecule has 0 bridgehead atoms. The summed E-state index contributed by atoms with van der Waals surface area (Å²) in [5.74, 6) is -1.20. The zero-order valence-electron chi connectivity index (χ0n) is 30.3. The second-order valence-corrected chi connectivity index (χ2v) is 20.4. The third-order valence-electron chi connectivity index (χ3n) is 5.71. The summed E-state index contributed by atoms with van der Waals surface area (Å²) >= 11 is 0. The minimum absolute atomic E-state index is 0.245. The maximum Gasteiger partial charge on any atom is 0.472 e. The fraction of sp³-hybridized carbons (Fsp3) is 1.00. The van der Waals surface area contributed by atoms with Gasteiger partial charge in [-0.3, -0.25) is 58.8 Å². The highest BCUT2D eigenvalue weighted by Gasteiger charge is 2.29. The largest absolute Gasteiger partial charge is 0.472 e. The van der Waals surface area contributed by atoms with Crippen LogP contribution in [0.3, 0.4) is 0 Å². The van der Waals surface area contributed by atoms with Crippen molar-refractivity contribution in [3.8, 4) is 0 Å². The lowest BCUT2D eigenvalue weighted by atomic mass is 10.1. The number of nitrogens with one attached hydrogen (secondary N) is 1. The minimum atomic E-state index is -4.88. The van der Waals surface area contributed by atoms with Crippen molar-refractivity contribution >= 4 is 54.8 Å². The van der Waals surface area contributed by atoms with E-state index in [1.807, 2.05) is 0 Å². The molecule has 10 N–H and O–H groups in total. The molecule has 0 heterocycles. The van der Waals surface area contributed by atoms with Gasteiger partial charge < -0.3 is 49.6 Å². The van der Waals surface area contributed by atoms with E-state index in [1.54, 1.807) is 14.0 Å². The predicted molar refractivity (Wildman–Crippen MR) is 187 cm³/mol. The van der Waals surface area contributed by atoms with Crippen molar-refractivity contribution in [1.82, 2.24) is 5.32 Å². The summed E-state index contributed by atoms with van der Waals surface area (Å²) in [6.45, 7) is -7.76. The Kier molecular flexibility index (Phi) is 28.7. The predicted octanol–water partition coefficient (Wildman–Crippen LogP) is 0.751. The van der Waals surface area contributed by atoms with Crippen molar-refractivity contribution in [2.75, 3.05) is 106 Å². The van der Waals surface area contributed by atoms with Gasteiger partial charge in [-0.05, 0) is 13.5 Å². The number of aliphatic hydroxyl groups is 1. The molecule has 0 aliphatic heterocycles. The minimum Gasteiger partial charge on any atom is -0.396 e. The molecule has 0 aromatic heterocycles. The van der Waals surface area contributed by atoms with E-state index in [1.165, 1.54) is 0 Å². The fourth-order valence-electron chi connectivity index (χ4n) is 3.10. The smallest absolute Gasteiger partial charge is 0.396 e. The molecule has 0 radical (unpaired) electrons. The number of phosphoric ester groups is 7. The van der Waals surface area contributed by atoms with Crippen molar-refractivity contribution < 1.29 is 135 Å². The molecule has 0 aliphatic carbocycles. The molecule has 0 amide bonds. The van der Waals surface area contributed by atoms with Crippen LogP contribution in [0.2, 0.25) is 0 Å². The average molecular weight is 985 g/mol. The molecule has 57 heavy (non-hydrogen) atoms. The van der Waals surface area contributed by atoms with E-state index >= 15 is 0 Å². The summed E-state index contributed by atoms with van der Waals surface area (Å²) in [7, 11) is -31.9. The molecule has 0 spiro atoms. The van der Waals surface area contributed by atoms with Gasteiger partial charge in [0, 0.05) is 25.0 Å². The van der Waals surface area contributed by atoms with Crippen LogP contribution >= 0.6 is 54.8 Å². The van der Waals surface area contributed by atoms with E-state index in [-0.39, 0.29) is 26.2 Å². The van der Waals surface area contributed by atoms with Crippen LogP contribution in [0.5, 0.6) is 0 Å². The second kappa shape index (κ2) is 28.4. The van der Waals surface area contributed by atoms with Crippen LogP contribution in [0.15, 0.2) is 0 Å². The Balaban J connectivity index is 4.24. The number of hydrogen-bond acceptors (Lipinski definition) is 22. The maximum atomic E-state index is 11.9. The molecular weight excluding hydrogens is 935 g/mol. The fourth-order valence-corrected chi connectivity index (χ4v) is 7.80. The molecule has 37 heteroatoms. The van der Waals surface area contributed by atoms with E-state index in [0.717, 1.165) is 0 Å². The summed E-state index contributed by atoms with van der Waals surface area (Å²) < 4.78 is 141. The van der Waals surface area contributed by atoms with Crippen molar-refractivity contribution in [2.24, 2.45) is 11.8 Å². The van der Waals surface area contributed by atoms with Crippen LogP contribution in [0.25, 0.3) is 0 Å². The number of aliphatic hydroxyl groups excluding tert-OH is 1. The van der Waals surface area contributed by atoms with E-state index in [9.17, 15) is 61.3 Å². The number of hydrogen-bond donors (Lipinski definition) is 10. The molecular formula is C20H50NO29P7. The van der Waals surface area contributed by atoms with Gasteiger partial charge in [0.05, 0.1) is 85.9 Å². The third-order valence-corrected chi connectivity index (χ3v) is 12.2. The van der Waals surface area contributed by atoms with Crippen molar-refractivity contribution in [3.63, 3.8) is 0 Å². The van der Waals surface area contributed by atoms with Crippen LogP contribution in [0.4, 0.5) is 0 Å². The highest BCUT2D eigenvalue weighted by atomic mass is 31.2. The van der Waals surface area contributed by atoms with Gasteiger partial charge in [0.2, 0.25) is 0 Å². The Labute approximate surface area is 326 Å². The van der Waals surface area contributed by atoms with E-state index in [0.29, 0.717) is 0 Å². The monoisotopic (exact) mass is 985 g/mol. The normalized spacial score (nSPS) is 20.0. The second-order valence-electron chi connectivity index (χ2n) is 10.4. The summed E-state index contributed by atoms with van der Waals surface area (Å²) in [6.07, 6.45) is 0.245. The number of rotatable bonds is 38. The molecule has 8 atom stereocenters. The third kappa shape index (κ3) is 33.9. The summed E-state index contributed by atoms with van der Waals surface area (Å²) in [5, 5.41) is 11.9. The van der Waals surface area contributed by atoms with Gasteiger partial charge in [0.15, 0.2) is 0 Å². The first kappa shape index (κ1) is 57.7. The molecule has 0 aliphatic rings. The molecule has 344 valence electrons. The Morgan fingerprint density at radius 2 is 0.632 bits per heavy atom. The van der Waals surface area contributed by atoms with Gasteiger partial charge in [0.25, 0.3) is 0 Å². The first-order chi connectivity index (χ1) is 26.2. The van der Waals surface area contributed by atoms with E-state index in [4.69, 9.17) is 19.4 Å². The van der Waals surface area contributed by atoms with E-state index < -0.39 is 146 Å². The zero-order valence-corrected chi connectivity index (χ0v) is 36.5. The van der Waals surface area contributed by atoms with E-state index in [2.05, 4.69) is 59.6 Å². The Bertz CT molecular complexity index is 1460. The lowest BCUT2D eigenvalue weighted by Gasteiger charge is -2.18. The first-order valence-electron chi connectivity index (χ1n) is 15.8. The highest BCUT2D eigenvalue weighted by Crippen LogP contribution is 2.49. The molecule has 30 nitrogen and oxygen atoms in total. The Morgan fingerprint density at radius 3 is 0.842 bits per heavy atom. The van der Waals surface area contributed by atoms with Gasteiger partial charge in [-0.2, -0.15) is 0 Å². The molecule has 0 aromatic carbocycles. The van der Waals surface area contributed by atoms with Crippen LogP contribution < -0.4 is 5.32 Å². The van der Waals surface area contributed by atoms with Crippen molar-refractivity contribution in [3.05, 3.63) is 0 Å². The number of phosphoric acid groups is 7. The van der Waals surface area contributed by atoms with Crippen molar-refractivity contribution in [1.29, 1.82) is 0 Å². The Hall–Kier alpha value is 0.690. The first-order valence-corrected chi connectivity index (χ1v) is 26.3. The van der Waals surface area contributed by atoms with Crippen LogP contribution in [-0.4, -0.2) is 150 Å². The quantitative estimate of drug-likeness (QED) is 0.0301. The summed E-state index contributed by atoms with van der Waals surface area (Å²) in [6, 6.07) is 0. The topological polar surface area (TPSA) is 434 Å². The van der Waals surface area contributed by atoms with Crippen LogP contribution in [0.1, 0.15) is 13.3 Å². The summed E-state index contributed by atoms with van der Waals surface area (Å²) in [4.78, 5) is 75.2. The van der Waals surface area contributed by atoms with Crippen molar-refractivity contribution in [2.45, 2.75) is 13.3 Å². The van der Waals surface area contributed by atoms with Gasteiger partial charge in [-0.25, -0.2) is 32.0 Å². The van der Waals surface area contributed by atoms with Crippen LogP contribution in [-0.2, 0) is 90.8 Å². The molecule has 8 unspecified atom stereocenters. The van der Waals surface area contributed by atoms with Crippen LogP contribution in [0, 0.1) is 11.8 Å². The SMILES string of the molecule is CCC(COP(=O)(O)O)COP(=O)(O)OCCOP(=O)(O)OCCOP(=O)(O)OCCOP(=O)(O)OCCOP(=O)(O)OCCOP(=O)(O)OCC(CO)CNC. The van der Waals surface area contributed by atoms with Gasteiger partial charge >= 0.3 is 54.8 Å². The molecule has 0 saturated heterocycles. The maximum absolute atomic E-state index is 11.9. The van der Waals surface area contributed by atoms with Gasteiger partial charge in [-0.1, -0.05) is 6.92 Å². The standard InChI is InChI=1S/C20H50NO29P7/c1-3-19(16-48-51(23,24)25)17-49-56(34,35)46-12-10-44-54(30,31)42-8-6-40-52(26,27)38-4-5-39-53(28,29)41-7-9-43-55(32,33)45-11-13-47-57(36,37)50-18-20(15-22)14-21-2/h19-22H,3-18H2,1-2H3,(H,26,27)(H,28,29)(H,30,31)(H,32,33)(H,34,35)(H,36,37)(H2,23,24,25). The molecule has 0 fully saturated rings. The van der Waals surface area contributed by atoms with Gasteiger partial charge in [-0.15, -0.1) is 0 Å². The zero-order chi connectivity index (χ0) is 43.9. The Morgan fingerprint density at radius 1 is 0.404 bits per heavy atom.